The lowest BCUT2D eigenvalue weighted by molar-refractivity contribution is -0.145. The number of hydrogen-bond acceptors (Lipinski definition) is 3. The van der Waals surface area contributed by atoms with Crippen LogP contribution in [-0.2, 0) is 9.53 Å². The minimum Gasteiger partial charge on any atom is -0.469 e. The Bertz CT molecular complexity index is 377. The summed E-state index contributed by atoms with van der Waals surface area (Å²) in [4.78, 5) is 11.6. The molecule has 0 amide bonds. The van der Waals surface area contributed by atoms with E-state index in [1.807, 2.05) is 24.3 Å². The normalized spacial score (nSPS) is 24.4. The second-order valence-corrected chi connectivity index (χ2v) is 4.82. The van der Waals surface area contributed by atoms with Crippen LogP contribution in [0.15, 0.2) is 28.7 Å². The molecule has 0 saturated carbocycles. The summed E-state index contributed by atoms with van der Waals surface area (Å²) >= 11 is 3.40. The van der Waals surface area contributed by atoms with Crippen LogP contribution in [0.25, 0.3) is 0 Å². The van der Waals surface area contributed by atoms with Crippen LogP contribution in [0.3, 0.4) is 0 Å². The van der Waals surface area contributed by atoms with Crippen LogP contribution in [0.4, 0.5) is 0 Å². The van der Waals surface area contributed by atoms with E-state index in [2.05, 4.69) is 21.2 Å². The fourth-order valence-electron chi connectivity index (χ4n) is 2.13. The Balaban J connectivity index is 2.19. The van der Waals surface area contributed by atoms with E-state index in [9.17, 15) is 4.79 Å². The van der Waals surface area contributed by atoms with Gasteiger partial charge in [0.1, 0.15) is 0 Å². The summed E-state index contributed by atoms with van der Waals surface area (Å²) in [6.45, 7) is 0.862. The first-order valence-electron chi connectivity index (χ1n) is 5.29. The van der Waals surface area contributed by atoms with E-state index in [1.54, 1.807) is 0 Å². The Morgan fingerprint density at radius 3 is 2.75 bits per heavy atom. The van der Waals surface area contributed by atoms with Gasteiger partial charge in [0.25, 0.3) is 0 Å². The van der Waals surface area contributed by atoms with Gasteiger partial charge in [0, 0.05) is 10.5 Å². The van der Waals surface area contributed by atoms with Gasteiger partial charge in [0.05, 0.1) is 13.0 Å². The average molecular weight is 284 g/mol. The van der Waals surface area contributed by atoms with Gasteiger partial charge in [0.2, 0.25) is 0 Å². The van der Waals surface area contributed by atoms with Gasteiger partial charge in [-0.05, 0) is 30.7 Å². The Morgan fingerprint density at radius 1 is 1.44 bits per heavy atom. The third kappa shape index (κ3) is 2.28. The number of benzene rings is 1. The second kappa shape index (κ2) is 4.97. The minimum absolute atomic E-state index is 0.0637. The highest BCUT2D eigenvalue weighted by atomic mass is 79.9. The van der Waals surface area contributed by atoms with E-state index < -0.39 is 0 Å². The number of hydrogen-bond donors (Lipinski definition) is 1. The van der Waals surface area contributed by atoms with Crippen molar-refractivity contribution in [1.82, 2.24) is 5.32 Å². The Kier molecular flexibility index (Phi) is 3.61. The number of nitrogens with one attached hydrogen (secondary N) is 1. The maximum Gasteiger partial charge on any atom is 0.310 e. The van der Waals surface area contributed by atoms with E-state index in [0.717, 1.165) is 23.0 Å². The molecule has 4 heteroatoms. The summed E-state index contributed by atoms with van der Waals surface area (Å²) in [5.41, 5.74) is 1.14. The lowest BCUT2D eigenvalue weighted by Crippen LogP contribution is -2.24. The van der Waals surface area contributed by atoms with Crippen molar-refractivity contribution in [3.8, 4) is 0 Å². The quantitative estimate of drug-likeness (QED) is 0.847. The zero-order valence-electron chi connectivity index (χ0n) is 9.07. The summed E-state index contributed by atoms with van der Waals surface area (Å²) in [7, 11) is 1.44. The van der Waals surface area contributed by atoms with Gasteiger partial charge in [-0.2, -0.15) is 0 Å². The molecular formula is C12H14BrNO2. The highest BCUT2D eigenvalue weighted by Gasteiger charge is 2.34. The Morgan fingerprint density at radius 2 is 2.12 bits per heavy atom. The molecule has 0 bridgehead atoms. The molecule has 3 nitrogen and oxygen atoms in total. The molecule has 1 aliphatic heterocycles. The summed E-state index contributed by atoms with van der Waals surface area (Å²) in [6, 6.07) is 8.12. The lowest BCUT2D eigenvalue weighted by atomic mass is 9.94. The SMILES string of the molecule is COC(=O)C1CCNC1c1ccc(Br)cc1. The molecule has 1 heterocycles. The monoisotopic (exact) mass is 283 g/mol. The predicted octanol–water partition coefficient (Wildman–Crippen LogP) is 2.27. The van der Waals surface area contributed by atoms with Crippen molar-refractivity contribution in [2.24, 2.45) is 5.92 Å². The number of carbonyl (C=O) groups excluding carboxylic acids is 1. The summed E-state index contributed by atoms with van der Waals surface area (Å²) < 4.78 is 5.87. The molecular weight excluding hydrogens is 270 g/mol. The molecule has 0 aliphatic carbocycles. The van der Waals surface area contributed by atoms with E-state index in [-0.39, 0.29) is 17.9 Å². The fourth-order valence-corrected chi connectivity index (χ4v) is 2.39. The molecule has 1 aliphatic rings. The number of methoxy groups -OCH3 is 1. The summed E-state index contributed by atoms with van der Waals surface area (Å²) in [6.07, 6.45) is 0.841. The highest BCUT2D eigenvalue weighted by Crippen LogP contribution is 2.30. The van der Waals surface area contributed by atoms with Crippen LogP contribution in [0.2, 0.25) is 0 Å². The van der Waals surface area contributed by atoms with Crippen LogP contribution in [-0.4, -0.2) is 19.6 Å². The number of rotatable bonds is 2. The topological polar surface area (TPSA) is 38.3 Å². The molecule has 16 heavy (non-hydrogen) atoms. The van der Waals surface area contributed by atoms with Crippen LogP contribution in [0.1, 0.15) is 18.0 Å². The Hall–Kier alpha value is -0.870. The number of esters is 1. The average Bonchev–Trinajstić information content (AvgIpc) is 2.78. The van der Waals surface area contributed by atoms with E-state index >= 15 is 0 Å². The number of carbonyl (C=O) groups is 1. The molecule has 1 N–H and O–H groups in total. The van der Waals surface area contributed by atoms with Crippen LogP contribution in [0, 0.1) is 5.92 Å². The molecule has 2 atom stereocenters. The standard InChI is InChI=1S/C12H14BrNO2/c1-16-12(15)10-6-7-14-11(10)8-2-4-9(13)5-3-8/h2-5,10-11,14H,6-7H2,1H3. The number of ether oxygens (including phenoxy) is 1. The number of halogens is 1. The fraction of sp³-hybridized carbons (Fsp3) is 0.417. The molecule has 0 spiro atoms. The van der Waals surface area contributed by atoms with Crippen molar-refractivity contribution in [3.63, 3.8) is 0 Å². The largest absolute Gasteiger partial charge is 0.469 e. The zero-order valence-corrected chi connectivity index (χ0v) is 10.7. The molecule has 86 valence electrons. The van der Waals surface area contributed by atoms with Gasteiger partial charge in [-0.1, -0.05) is 28.1 Å². The minimum atomic E-state index is -0.127. The summed E-state index contributed by atoms with van der Waals surface area (Å²) in [5.74, 6) is -0.191. The molecule has 1 aromatic rings. The van der Waals surface area contributed by atoms with Crippen molar-refractivity contribution >= 4 is 21.9 Å². The maximum atomic E-state index is 11.6. The van der Waals surface area contributed by atoms with Crippen LogP contribution in [0.5, 0.6) is 0 Å². The first-order valence-corrected chi connectivity index (χ1v) is 6.08. The second-order valence-electron chi connectivity index (χ2n) is 3.90. The highest BCUT2D eigenvalue weighted by molar-refractivity contribution is 9.10. The lowest BCUT2D eigenvalue weighted by Gasteiger charge is -2.17. The molecule has 0 aromatic heterocycles. The summed E-state index contributed by atoms with van der Waals surface area (Å²) in [5, 5.41) is 3.34. The molecule has 2 rings (SSSR count). The molecule has 1 fully saturated rings. The van der Waals surface area contributed by atoms with Crippen molar-refractivity contribution < 1.29 is 9.53 Å². The third-order valence-electron chi connectivity index (χ3n) is 2.96. The van der Waals surface area contributed by atoms with Gasteiger partial charge < -0.3 is 10.1 Å². The van der Waals surface area contributed by atoms with Gasteiger partial charge in [-0.15, -0.1) is 0 Å². The maximum absolute atomic E-state index is 11.6. The molecule has 1 saturated heterocycles. The first-order chi connectivity index (χ1) is 7.72. The molecule has 2 unspecified atom stereocenters. The van der Waals surface area contributed by atoms with Crippen LogP contribution >= 0.6 is 15.9 Å². The zero-order chi connectivity index (χ0) is 11.5. The third-order valence-corrected chi connectivity index (χ3v) is 3.48. The predicted molar refractivity (Wildman–Crippen MR) is 65.0 cm³/mol. The van der Waals surface area contributed by atoms with E-state index in [1.165, 1.54) is 7.11 Å². The van der Waals surface area contributed by atoms with Gasteiger partial charge >= 0.3 is 5.97 Å². The molecule has 1 aromatic carbocycles. The van der Waals surface area contributed by atoms with Gasteiger partial charge in [0.15, 0.2) is 0 Å². The van der Waals surface area contributed by atoms with E-state index in [0.29, 0.717) is 0 Å². The Labute approximate surface area is 103 Å². The van der Waals surface area contributed by atoms with Crippen molar-refractivity contribution in [2.45, 2.75) is 12.5 Å². The molecule has 0 radical (unpaired) electrons. The van der Waals surface area contributed by atoms with Crippen molar-refractivity contribution in [3.05, 3.63) is 34.3 Å². The smallest absolute Gasteiger partial charge is 0.310 e. The van der Waals surface area contributed by atoms with Crippen LogP contribution < -0.4 is 5.32 Å². The van der Waals surface area contributed by atoms with Crippen molar-refractivity contribution in [1.29, 1.82) is 0 Å². The van der Waals surface area contributed by atoms with Gasteiger partial charge in [-0.25, -0.2) is 0 Å². The first kappa shape index (κ1) is 11.6. The van der Waals surface area contributed by atoms with Crippen molar-refractivity contribution in [2.75, 3.05) is 13.7 Å². The van der Waals surface area contributed by atoms with E-state index in [4.69, 9.17) is 4.74 Å². The van der Waals surface area contributed by atoms with Gasteiger partial charge in [-0.3, -0.25) is 4.79 Å².